The predicted octanol–water partition coefficient (Wildman–Crippen LogP) is 1.18. The van der Waals surface area contributed by atoms with E-state index in [4.69, 9.17) is 4.74 Å². The van der Waals surface area contributed by atoms with Crippen LogP contribution in [0.4, 0.5) is 0 Å². The third kappa shape index (κ3) is 4.52. The van der Waals surface area contributed by atoms with E-state index in [1.807, 2.05) is 4.90 Å². The Morgan fingerprint density at radius 2 is 1.96 bits per heavy atom. The van der Waals surface area contributed by atoms with Gasteiger partial charge in [0, 0.05) is 45.9 Å². The molecule has 3 rings (SSSR count). The Morgan fingerprint density at radius 3 is 2.64 bits per heavy atom. The number of ether oxygens (including phenoxy) is 1. The van der Waals surface area contributed by atoms with Crippen molar-refractivity contribution >= 4 is 5.91 Å². The van der Waals surface area contributed by atoms with Gasteiger partial charge >= 0.3 is 0 Å². The number of rotatable bonds is 4. The van der Waals surface area contributed by atoms with Gasteiger partial charge in [-0.2, -0.15) is 5.26 Å². The number of carbonyl (C=O) groups is 1. The highest BCUT2D eigenvalue weighted by Crippen LogP contribution is 2.28. The van der Waals surface area contributed by atoms with E-state index in [1.165, 1.54) is 6.42 Å². The fraction of sp³-hybridized carbons (Fsp3) is 0.895. The Kier molecular flexibility index (Phi) is 6.32. The lowest BCUT2D eigenvalue weighted by atomic mass is 9.88. The maximum atomic E-state index is 12.7. The normalized spacial score (nSPS) is 29.9. The van der Waals surface area contributed by atoms with Gasteiger partial charge in [0.05, 0.1) is 18.7 Å². The summed E-state index contributed by atoms with van der Waals surface area (Å²) in [5.74, 6) is 1.17. The van der Waals surface area contributed by atoms with Crippen LogP contribution in [0.15, 0.2) is 0 Å². The van der Waals surface area contributed by atoms with Crippen LogP contribution in [0.3, 0.4) is 0 Å². The van der Waals surface area contributed by atoms with Crippen molar-refractivity contribution in [3.05, 3.63) is 0 Å². The lowest BCUT2D eigenvalue weighted by Crippen LogP contribution is -2.55. The largest absolute Gasteiger partial charge is 0.378 e. The van der Waals surface area contributed by atoms with Crippen LogP contribution in [0.25, 0.3) is 0 Å². The summed E-state index contributed by atoms with van der Waals surface area (Å²) in [7, 11) is 0. The number of hydrogen-bond acceptors (Lipinski definition) is 5. The van der Waals surface area contributed by atoms with Crippen molar-refractivity contribution in [3.63, 3.8) is 0 Å². The van der Waals surface area contributed by atoms with Crippen molar-refractivity contribution in [2.45, 2.75) is 45.3 Å². The molecular formula is C19H32N4O2. The second-order valence-corrected chi connectivity index (χ2v) is 8.07. The van der Waals surface area contributed by atoms with Crippen molar-refractivity contribution < 1.29 is 9.53 Å². The van der Waals surface area contributed by atoms with Gasteiger partial charge in [-0.15, -0.1) is 0 Å². The zero-order valence-electron chi connectivity index (χ0n) is 15.7. The first-order valence-electron chi connectivity index (χ1n) is 9.84. The fourth-order valence-corrected chi connectivity index (χ4v) is 4.50. The molecule has 3 unspecified atom stereocenters. The third-order valence-corrected chi connectivity index (χ3v) is 5.98. The minimum atomic E-state index is -0.0393. The maximum absolute atomic E-state index is 12.7. The molecule has 3 saturated heterocycles. The first kappa shape index (κ1) is 18.6. The van der Waals surface area contributed by atoms with E-state index >= 15 is 0 Å². The molecule has 0 N–H and O–H groups in total. The van der Waals surface area contributed by atoms with Crippen LogP contribution in [0.2, 0.25) is 0 Å². The van der Waals surface area contributed by atoms with Crippen LogP contribution in [0.1, 0.15) is 33.1 Å². The molecule has 3 fully saturated rings. The van der Waals surface area contributed by atoms with Crippen molar-refractivity contribution in [1.82, 2.24) is 14.7 Å². The van der Waals surface area contributed by atoms with E-state index in [0.29, 0.717) is 24.5 Å². The summed E-state index contributed by atoms with van der Waals surface area (Å²) in [6.45, 7) is 10.7. The molecule has 0 aliphatic carbocycles. The highest BCUT2D eigenvalue weighted by atomic mass is 16.5. The molecule has 140 valence electrons. The topological polar surface area (TPSA) is 59.8 Å². The van der Waals surface area contributed by atoms with E-state index in [2.05, 4.69) is 29.7 Å². The zero-order chi connectivity index (χ0) is 17.8. The van der Waals surface area contributed by atoms with Gasteiger partial charge in [0.15, 0.2) is 0 Å². The Labute approximate surface area is 151 Å². The Bertz CT molecular complexity index is 496. The maximum Gasteiger partial charge on any atom is 0.236 e. The third-order valence-electron chi connectivity index (χ3n) is 5.98. The number of nitrogens with zero attached hydrogens (tertiary/aromatic N) is 4. The number of fused-ring (bicyclic) bond motifs is 1. The molecule has 3 aliphatic rings. The molecule has 6 nitrogen and oxygen atoms in total. The SMILES string of the molecule is CC(C)C(C#N)N1CCN(C(=O)CN2CCC3OCCCC3C2)CC1. The number of piperidine rings is 1. The number of carbonyl (C=O) groups excluding carboxylic acids is 1. The summed E-state index contributed by atoms with van der Waals surface area (Å²) in [5.41, 5.74) is 0. The number of piperazine rings is 1. The van der Waals surface area contributed by atoms with Crippen LogP contribution >= 0.6 is 0 Å². The van der Waals surface area contributed by atoms with Gasteiger partial charge in [-0.25, -0.2) is 0 Å². The van der Waals surface area contributed by atoms with E-state index < -0.39 is 0 Å². The summed E-state index contributed by atoms with van der Waals surface area (Å²) in [6, 6.07) is 2.37. The smallest absolute Gasteiger partial charge is 0.236 e. The molecule has 25 heavy (non-hydrogen) atoms. The van der Waals surface area contributed by atoms with Crippen molar-refractivity contribution in [2.24, 2.45) is 11.8 Å². The van der Waals surface area contributed by atoms with Gasteiger partial charge in [0.2, 0.25) is 5.91 Å². The van der Waals surface area contributed by atoms with E-state index in [-0.39, 0.29) is 11.9 Å². The highest BCUT2D eigenvalue weighted by Gasteiger charge is 2.34. The molecule has 0 saturated carbocycles. The number of likely N-dealkylation sites (tertiary alicyclic amines) is 1. The molecule has 0 aromatic heterocycles. The van der Waals surface area contributed by atoms with Gasteiger partial charge < -0.3 is 9.64 Å². The molecular weight excluding hydrogens is 316 g/mol. The van der Waals surface area contributed by atoms with Gasteiger partial charge in [0.25, 0.3) is 0 Å². The van der Waals surface area contributed by atoms with Crippen molar-refractivity contribution in [3.8, 4) is 6.07 Å². The summed E-state index contributed by atoms with van der Waals surface area (Å²) >= 11 is 0. The van der Waals surface area contributed by atoms with Gasteiger partial charge in [-0.1, -0.05) is 13.8 Å². The molecule has 0 radical (unpaired) electrons. The second-order valence-electron chi connectivity index (χ2n) is 8.07. The lowest BCUT2D eigenvalue weighted by Gasteiger charge is -2.42. The first-order chi connectivity index (χ1) is 12.1. The van der Waals surface area contributed by atoms with Gasteiger partial charge in [0.1, 0.15) is 6.04 Å². The summed E-state index contributed by atoms with van der Waals surface area (Å²) in [5, 5.41) is 9.35. The molecule has 3 heterocycles. The summed E-state index contributed by atoms with van der Waals surface area (Å²) < 4.78 is 5.86. The second kappa shape index (κ2) is 8.48. The van der Waals surface area contributed by atoms with Crippen LogP contribution in [-0.4, -0.2) is 85.2 Å². The Morgan fingerprint density at radius 1 is 1.20 bits per heavy atom. The Hall–Kier alpha value is -1.16. The minimum absolute atomic E-state index is 0.0393. The van der Waals surface area contributed by atoms with Crippen LogP contribution in [-0.2, 0) is 9.53 Å². The molecule has 1 amide bonds. The highest BCUT2D eigenvalue weighted by molar-refractivity contribution is 5.78. The lowest BCUT2D eigenvalue weighted by molar-refractivity contribution is -0.136. The monoisotopic (exact) mass is 348 g/mol. The van der Waals surface area contributed by atoms with E-state index in [0.717, 1.165) is 58.7 Å². The van der Waals surface area contributed by atoms with Gasteiger partial charge in [-0.05, 0) is 31.1 Å². The number of nitriles is 1. The number of hydrogen-bond donors (Lipinski definition) is 0. The van der Waals surface area contributed by atoms with Crippen molar-refractivity contribution in [2.75, 3.05) is 52.4 Å². The fourth-order valence-electron chi connectivity index (χ4n) is 4.50. The van der Waals surface area contributed by atoms with Crippen LogP contribution < -0.4 is 0 Å². The summed E-state index contributed by atoms with van der Waals surface area (Å²) in [6.07, 6.45) is 3.87. The summed E-state index contributed by atoms with van der Waals surface area (Å²) in [4.78, 5) is 19.2. The number of amides is 1. The molecule has 3 aliphatic heterocycles. The van der Waals surface area contributed by atoms with E-state index in [9.17, 15) is 10.1 Å². The first-order valence-corrected chi connectivity index (χ1v) is 9.84. The molecule has 6 heteroatoms. The van der Waals surface area contributed by atoms with E-state index in [1.54, 1.807) is 0 Å². The molecule has 0 bridgehead atoms. The standard InChI is InChI=1S/C19H32N4O2/c1-15(2)17(12-20)22-7-9-23(10-8-22)19(24)14-21-6-5-18-16(13-21)4-3-11-25-18/h15-18H,3-11,13-14H2,1-2H3. The molecule has 0 spiro atoms. The van der Waals surface area contributed by atoms with Gasteiger partial charge in [-0.3, -0.25) is 14.6 Å². The van der Waals surface area contributed by atoms with Crippen LogP contribution in [0, 0.1) is 23.2 Å². The molecule has 0 aromatic rings. The zero-order valence-corrected chi connectivity index (χ0v) is 15.7. The average Bonchev–Trinajstić information content (AvgIpc) is 2.62. The quantitative estimate of drug-likeness (QED) is 0.763. The Balaban J connectivity index is 1.44. The minimum Gasteiger partial charge on any atom is -0.378 e. The van der Waals surface area contributed by atoms with Crippen molar-refractivity contribution in [1.29, 1.82) is 5.26 Å². The molecule has 0 aromatic carbocycles. The molecule has 3 atom stereocenters. The van der Waals surface area contributed by atoms with Crippen LogP contribution in [0.5, 0.6) is 0 Å². The predicted molar refractivity (Wildman–Crippen MR) is 95.9 cm³/mol. The average molecular weight is 348 g/mol.